The zero-order chi connectivity index (χ0) is 12.1. The lowest BCUT2D eigenvalue weighted by atomic mass is 10.2. The summed E-state index contributed by atoms with van der Waals surface area (Å²) in [6, 6.07) is 4.40. The van der Waals surface area contributed by atoms with Crippen LogP contribution in [0.25, 0.3) is 0 Å². The minimum atomic E-state index is -0.482. The molecule has 0 aliphatic carbocycles. The van der Waals surface area contributed by atoms with Gasteiger partial charge in [-0.3, -0.25) is 4.79 Å². The summed E-state index contributed by atoms with van der Waals surface area (Å²) in [4.78, 5) is 12.9. The number of likely N-dealkylation sites (N-methyl/N-ethyl adjacent to an activating group) is 2. The van der Waals surface area contributed by atoms with Crippen LogP contribution < -0.4 is 15.0 Å². The van der Waals surface area contributed by atoms with Gasteiger partial charge in [0, 0.05) is 18.8 Å². The number of amides is 1. The van der Waals surface area contributed by atoms with E-state index in [1.807, 2.05) is 0 Å². The zero-order valence-electron chi connectivity index (χ0n) is 9.58. The van der Waals surface area contributed by atoms with E-state index in [1.54, 1.807) is 20.2 Å². The lowest BCUT2D eigenvalue weighted by molar-refractivity contribution is -0.117. The average molecular weight is 226 g/mol. The van der Waals surface area contributed by atoms with Gasteiger partial charge in [-0.2, -0.15) is 0 Å². The van der Waals surface area contributed by atoms with Gasteiger partial charge in [0.1, 0.15) is 0 Å². The van der Waals surface area contributed by atoms with E-state index in [9.17, 15) is 9.18 Å². The van der Waals surface area contributed by atoms with Gasteiger partial charge in [-0.15, -0.1) is 0 Å². The van der Waals surface area contributed by atoms with Crippen LogP contribution in [-0.2, 0) is 4.79 Å². The normalized spacial score (nSPS) is 10.0. The molecule has 0 spiro atoms. The third kappa shape index (κ3) is 2.70. The first kappa shape index (κ1) is 12.4. The smallest absolute Gasteiger partial charge is 0.240 e. The number of methoxy groups -OCH3 is 1. The Morgan fingerprint density at radius 2 is 2.25 bits per heavy atom. The second-order valence-corrected chi connectivity index (χ2v) is 3.30. The molecule has 0 saturated heterocycles. The molecule has 1 N–H and O–H groups in total. The first-order valence-corrected chi connectivity index (χ1v) is 4.85. The molecular formula is C11H15FN2O2. The van der Waals surface area contributed by atoms with Gasteiger partial charge in [0.2, 0.25) is 5.91 Å². The van der Waals surface area contributed by atoms with Gasteiger partial charge in [-0.05, 0) is 19.2 Å². The van der Waals surface area contributed by atoms with Crippen molar-refractivity contribution in [1.29, 1.82) is 0 Å². The van der Waals surface area contributed by atoms with E-state index in [0.717, 1.165) is 0 Å². The van der Waals surface area contributed by atoms with Crippen molar-refractivity contribution in [2.75, 3.05) is 32.6 Å². The van der Waals surface area contributed by atoms with Crippen LogP contribution in [0, 0.1) is 5.82 Å². The highest BCUT2D eigenvalue weighted by Crippen LogP contribution is 2.22. The van der Waals surface area contributed by atoms with Crippen LogP contribution in [0.4, 0.5) is 10.1 Å². The highest BCUT2D eigenvalue weighted by Gasteiger charge is 2.12. The highest BCUT2D eigenvalue weighted by atomic mass is 19.1. The van der Waals surface area contributed by atoms with Gasteiger partial charge in [-0.25, -0.2) is 4.39 Å². The van der Waals surface area contributed by atoms with Crippen molar-refractivity contribution in [2.45, 2.75) is 0 Å². The summed E-state index contributed by atoms with van der Waals surface area (Å²) >= 11 is 0. The molecule has 0 aromatic heterocycles. The first-order valence-electron chi connectivity index (χ1n) is 4.85. The monoisotopic (exact) mass is 226 g/mol. The van der Waals surface area contributed by atoms with Gasteiger partial charge < -0.3 is 15.0 Å². The van der Waals surface area contributed by atoms with Crippen molar-refractivity contribution in [1.82, 2.24) is 5.32 Å². The number of nitrogens with zero attached hydrogens (tertiary/aromatic N) is 1. The molecule has 0 saturated carbocycles. The topological polar surface area (TPSA) is 41.6 Å². The molecule has 1 amide bonds. The van der Waals surface area contributed by atoms with Crippen molar-refractivity contribution in [3.8, 4) is 5.75 Å². The summed E-state index contributed by atoms with van der Waals surface area (Å²) in [5.74, 6) is -0.450. The fraction of sp³-hybridized carbons (Fsp3) is 0.364. The summed E-state index contributed by atoms with van der Waals surface area (Å²) < 4.78 is 18.2. The molecule has 88 valence electrons. The van der Waals surface area contributed by atoms with E-state index in [0.29, 0.717) is 5.69 Å². The maximum absolute atomic E-state index is 13.4. The molecule has 5 heteroatoms. The molecule has 0 fully saturated rings. The Morgan fingerprint density at radius 3 is 2.75 bits per heavy atom. The number of rotatable bonds is 4. The standard InChI is InChI=1S/C11H15FN2O2/c1-13-7-11(15)14(2)8-4-5-10(16-3)9(12)6-8/h4-6,13H,7H2,1-3H3. The van der Waals surface area contributed by atoms with Crippen molar-refractivity contribution in [3.05, 3.63) is 24.0 Å². The molecule has 1 rings (SSSR count). The summed E-state index contributed by atoms with van der Waals surface area (Å²) in [6.07, 6.45) is 0. The largest absolute Gasteiger partial charge is 0.494 e. The van der Waals surface area contributed by atoms with E-state index in [1.165, 1.54) is 24.1 Å². The number of benzene rings is 1. The summed E-state index contributed by atoms with van der Waals surface area (Å²) in [7, 11) is 4.68. The third-order valence-corrected chi connectivity index (χ3v) is 2.22. The summed E-state index contributed by atoms with van der Waals surface area (Å²) in [5, 5.41) is 2.75. The summed E-state index contributed by atoms with van der Waals surface area (Å²) in [5.41, 5.74) is 0.499. The van der Waals surface area contributed by atoms with Crippen LogP contribution in [0.1, 0.15) is 0 Å². The Bertz CT molecular complexity index is 382. The number of carbonyl (C=O) groups is 1. The lowest BCUT2D eigenvalue weighted by Gasteiger charge is -2.17. The molecular weight excluding hydrogens is 211 g/mol. The van der Waals surface area contributed by atoms with Crippen molar-refractivity contribution in [3.63, 3.8) is 0 Å². The number of ether oxygens (including phenoxy) is 1. The van der Waals surface area contributed by atoms with E-state index >= 15 is 0 Å². The van der Waals surface area contributed by atoms with Gasteiger partial charge in [-0.1, -0.05) is 0 Å². The minimum Gasteiger partial charge on any atom is -0.494 e. The van der Waals surface area contributed by atoms with Gasteiger partial charge in [0.25, 0.3) is 0 Å². The van der Waals surface area contributed by atoms with Crippen LogP contribution in [0.2, 0.25) is 0 Å². The van der Waals surface area contributed by atoms with Crippen molar-refractivity contribution >= 4 is 11.6 Å². The molecule has 16 heavy (non-hydrogen) atoms. The molecule has 0 aliphatic rings. The fourth-order valence-electron chi connectivity index (χ4n) is 1.28. The molecule has 0 bridgehead atoms. The quantitative estimate of drug-likeness (QED) is 0.833. The van der Waals surface area contributed by atoms with E-state index in [4.69, 9.17) is 4.74 Å². The average Bonchev–Trinajstić information content (AvgIpc) is 2.28. The van der Waals surface area contributed by atoms with Crippen LogP contribution in [0.15, 0.2) is 18.2 Å². The maximum Gasteiger partial charge on any atom is 0.240 e. The summed E-state index contributed by atoms with van der Waals surface area (Å²) in [6.45, 7) is 0.212. The second-order valence-electron chi connectivity index (χ2n) is 3.30. The van der Waals surface area contributed by atoms with Crippen molar-refractivity contribution < 1.29 is 13.9 Å². The fourth-order valence-corrected chi connectivity index (χ4v) is 1.28. The Hall–Kier alpha value is -1.62. The molecule has 0 radical (unpaired) electrons. The Balaban J connectivity index is 2.88. The number of hydrogen-bond donors (Lipinski definition) is 1. The highest BCUT2D eigenvalue weighted by molar-refractivity contribution is 5.94. The van der Waals surface area contributed by atoms with E-state index in [-0.39, 0.29) is 18.2 Å². The van der Waals surface area contributed by atoms with Crippen LogP contribution >= 0.6 is 0 Å². The number of carbonyl (C=O) groups excluding carboxylic acids is 1. The van der Waals surface area contributed by atoms with Gasteiger partial charge in [0.05, 0.1) is 13.7 Å². The van der Waals surface area contributed by atoms with Crippen LogP contribution in [0.5, 0.6) is 5.75 Å². The predicted octanol–water partition coefficient (Wildman–Crippen LogP) is 1.02. The molecule has 0 atom stereocenters. The Labute approximate surface area is 94.0 Å². The number of nitrogens with one attached hydrogen (secondary N) is 1. The molecule has 0 aliphatic heterocycles. The number of hydrogen-bond acceptors (Lipinski definition) is 3. The zero-order valence-corrected chi connectivity index (χ0v) is 9.58. The minimum absolute atomic E-state index is 0.132. The van der Waals surface area contributed by atoms with Gasteiger partial charge in [0.15, 0.2) is 11.6 Å². The SMILES string of the molecule is CNCC(=O)N(C)c1ccc(OC)c(F)c1. The first-order chi connectivity index (χ1) is 7.60. The third-order valence-electron chi connectivity index (χ3n) is 2.22. The Kier molecular flexibility index (Phi) is 4.25. The van der Waals surface area contributed by atoms with E-state index in [2.05, 4.69) is 5.32 Å². The molecule has 0 heterocycles. The second kappa shape index (κ2) is 5.46. The van der Waals surface area contributed by atoms with E-state index < -0.39 is 5.82 Å². The van der Waals surface area contributed by atoms with Gasteiger partial charge >= 0.3 is 0 Å². The molecule has 0 unspecified atom stereocenters. The van der Waals surface area contributed by atoms with Crippen LogP contribution in [0.3, 0.4) is 0 Å². The van der Waals surface area contributed by atoms with Crippen LogP contribution in [-0.4, -0.2) is 33.7 Å². The number of anilines is 1. The maximum atomic E-state index is 13.4. The number of halogens is 1. The molecule has 4 nitrogen and oxygen atoms in total. The lowest BCUT2D eigenvalue weighted by Crippen LogP contribution is -2.34. The van der Waals surface area contributed by atoms with Crippen molar-refractivity contribution in [2.24, 2.45) is 0 Å². The molecule has 1 aromatic rings. The molecule has 1 aromatic carbocycles. The Morgan fingerprint density at radius 1 is 1.56 bits per heavy atom. The predicted molar refractivity (Wildman–Crippen MR) is 60.3 cm³/mol.